The number of carbonyl (C=O) groups is 3. The number of pyridine rings is 2. The van der Waals surface area contributed by atoms with Crippen LogP contribution in [-0.4, -0.2) is 52.9 Å². The highest BCUT2D eigenvalue weighted by Crippen LogP contribution is 2.26. The third kappa shape index (κ3) is 5.19. The van der Waals surface area contributed by atoms with Gasteiger partial charge in [0.2, 0.25) is 6.41 Å². The van der Waals surface area contributed by atoms with Crippen molar-refractivity contribution >= 4 is 18.3 Å². The first-order valence-corrected chi connectivity index (χ1v) is 10.4. The van der Waals surface area contributed by atoms with Crippen molar-refractivity contribution < 1.29 is 19.1 Å². The lowest BCUT2D eigenvalue weighted by Crippen LogP contribution is -2.46. The van der Waals surface area contributed by atoms with E-state index in [1.54, 1.807) is 35.6 Å². The van der Waals surface area contributed by atoms with E-state index in [0.29, 0.717) is 23.4 Å². The molecule has 4 amide bonds. The molecule has 3 aromatic rings. The summed E-state index contributed by atoms with van der Waals surface area (Å²) in [5, 5.41) is 4.65. The second-order valence-corrected chi connectivity index (χ2v) is 7.44. The molecule has 2 aromatic heterocycles. The molecule has 0 radical (unpaired) electrons. The molecule has 170 valence electrons. The molecule has 1 aliphatic heterocycles. The van der Waals surface area contributed by atoms with Crippen molar-refractivity contribution in [3.05, 3.63) is 77.7 Å². The number of urea groups is 1. The van der Waals surface area contributed by atoms with Crippen molar-refractivity contribution in [1.82, 2.24) is 25.5 Å². The number of methoxy groups -OCH3 is 1. The highest BCUT2D eigenvalue weighted by Gasteiger charge is 2.29. The highest BCUT2D eigenvalue weighted by molar-refractivity contribution is 5.98. The van der Waals surface area contributed by atoms with Crippen LogP contribution in [0.2, 0.25) is 0 Å². The lowest BCUT2D eigenvalue weighted by atomic mass is 10.1. The Balaban J connectivity index is 1.51. The summed E-state index contributed by atoms with van der Waals surface area (Å²) in [6.45, 7) is 0.519. The Morgan fingerprint density at radius 3 is 2.85 bits per heavy atom. The number of nitrogens with one attached hydrogen (secondary N) is 2. The molecular weight excluding hydrogens is 434 g/mol. The van der Waals surface area contributed by atoms with E-state index in [2.05, 4.69) is 27.1 Å². The quantitative estimate of drug-likeness (QED) is 0.434. The predicted octanol–water partition coefficient (Wildman–Crippen LogP) is 1.98. The molecule has 0 unspecified atom stereocenters. The monoisotopic (exact) mass is 455 g/mol. The van der Waals surface area contributed by atoms with Gasteiger partial charge in [-0.2, -0.15) is 0 Å². The minimum atomic E-state index is -0.724. The SMILES string of the molecule is COc1ccc2c(c1)C(=O)N(C[C@@H](C#Cc1ccc(-c3cccnc3)nc1)NC(=O)NC=O)C2. The first-order valence-electron chi connectivity index (χ1n) is 10.4. The molecule has 1 aromatic carbocycles. The van der Waals surface area contributed by atoms with Crippen LogP contribution in [0.25, 0.3) is 11.3 Å². The summed E-state index contributed by atoms with van der Waals surface area (Å²) in [4.78, 5) is 45.6. The number of benzene rings is 1. The Bertz CT molecular complexity index is 1270. The van der Waals surface area contributed by atoms with E-state index >= 15 is 0 Å². The van der Waals surface area contributed by atoms with E-state index < -0.39 is 12.1 Å². The van der Waals surface area contributed by atoms with Crippen LogP contribution in [0.3, 0.4) is 0 Å². The third-order valence-corrected chi connectivity index (χ3v) is 5.21. The molecule has 3 heterocycles. The Morgan fingerprint density at radius 2 is 2.15 bits per heavy atom. The van der Waals surface area contributed by atoms with Crippen LogP contribution in [-0.2, 0) is 11.3 Å². The first-order chi connectivity index (χ1) is 16.6. The van der Waals surface area contributed by atoms with E-state index in [4.69, 9.17) is 4.74 Å². The molecule has 34 heavy (non-hydrogen) atoms. The zero-order valence-electron chi connectivity index (χ0n) is 18.3. The summed E-state index contributed by atoms with van der Waals surface area (Å²) in [5.41, 5.74) is 3.70. The number of rotatable bonds is 6. The largest absolute Gasteiger partial charge is 0.497 e. The number of nitrogens with zero attached hydrogens (tertiary/aromatic N) is 3. The number of hydrogen-bond donors (Lipinski definition) is 2. The van der Waals surface area contributed by atoms with Gasteiger partial charge in [0.15, 0.2) is 0 Å². The van der Waals surface area contributed by atoms with Crippen molar-refractivity contribution in [3.8, 4) is 28.8 Å². The maximum atomic E-state index is 12.9. The highest BCUT2D eigenvalue weighted by atomic mass is 16.5. The van der Waals surface area contributed by atoms with Crippen molar-refractivity contribution in [3.63, 3.8) is 0 Å². The van der Waals surface area contributed by atoms with E-state index in [1.165, 1.54) is 7.11 Å². The van der Waals surface area contributed by atoms with Gasteiger partial charge >= 0.3 is 6.03 Å². The average molecular weight is 455 g/mol. The van der Waals surface area contributed by atoms with Gasteiger partial charge in [0, 0.05) is 41.8 Å². The van der Waals surface area contributed by atoms with Gasteiger partial charge in [0.1, 0.15) is 11.8 Å². The van der Waals surface area contributed by atoms with E-state index in [1.807, 2.05) is 35.6 Å². The summed E-state index contributed by atoms with van der Waals surface area (Å²) in [5.74, 6) is 6.37. The van der Waals surface area contributed by atoms with Crippen LogP contribution < -0.4 is 15.4 Å². The fourth-order valence-electron chi connectivity index (χ4n) is 3.54. The minimum Gasteiger partial charge on any atom is -0.497 e. The predicted molar refractivity (Wildman–Crippen MR) is 124 cm³/mol. The molecule has 0 fully saturated rings. The van der Waals surface area contributed by atoms with Gasteiger partial charge < -0.3 is 15.0 Å². The molecule has 0 saturated heterocycles. The van der Waals surface area contributed by atoms with Gasteiger partial charge in [-0.25, -0.2) is 4.79 Å². The summed E-state index contributed by atoms with van der Waals surface area (Å²) in [6.07, 6.45) is 5.32. The van der Waals surface area contributed by atoms with Crippen molar-refractivity contribution in [1.29, 1.82) is 0 Å². The maximum absolute atomic E-state index is 12.9. The first kappa shape index (κ1) is 22.5. The van der Waals surface area contributed by atoms with Crippen LogP contribution in [0.1, 0.15) is 21.5 Å². The molecule has 9 nitrogen and oxygen atoms in total. The van der Waals surface area contributed by atoms with Gasteiger partial charge in [0.05, 0.1) is 19.3 Å². The topological polar surface area (TPSA) is 114 Å². The molecular formula is C25H21N5O4. The summed E-state index contributed by atoms with van der Waals surface area (Å²) in [6, 6.07) is 11.3. The van der Waals surface area contributed by atoms with Crippen LogP contribution in [0.15, 0.2) is 61.1 Å². The van der Waals surface area contributed by atoms with Crippen LogP contribution >= 0.6 is 0 Å². The zero-order valence-corrected chi connectivity index (χ0v) is 18.3. The van der Waals surface area contributed by atoms with Gasteiger partial charge in [0.25, 0.3) is 5.91 Å². The molecule has 1 aliphatic rings. The van der Waals surface area contributed by atoms with Crippen LogP contribution in [0.4, 0.5) is 4.79 Å². The van der Waals surface area contributed by atoms with Gasteiger partial charge in [-0.1, -0.05) is 17.9 Å². The summed E-state index contributed by atoms with van der Waals surface area (Å²) < 4.78 is 5.21. The van der Waals surface area contributed by atoms with Crippen molar-refractivity contribution in [2.45, 2.75) is 12.6 Å². The number of imide groups is 1. The normalized spacial score (nSPS) is 12.7. The van der Waals surface area contributed by atoms with Gasteiger partial charge in [-0.3, -0.25) is 24.9 Å². The molecule has 0 spiro atoms. The number of hydrogen-bond acceptors (Lipinski definition) is 6. The lowest BCUT2D eigenvalue weighted by Gasteiger charge is -2.21. The summed E-state index contributed by atoms with van der Waals surface area (Å²) in [7, 11) is 1.54. The smallest absolute Gasteiger partial charge is 0.322 e. The number of carbonyl (C=O) groups excluding carboxylic acids is 3. The molecule has 0 aliphatic carbocycles. The number of fused-ring (bicyclic) bond motifs is 1. The van der Waals surface area contributed by atoms with E-state index in [0.717, 1.165) is 16.8 Å². The maximum Gasteiger partial charge on any atom is 0.322 e. The average Bonchev–Trinajstić information content (AvgIpc) is 3.17. The zero-order chi connectivity index (χ0) is 23.9. The Labute approximate surface area is 196 Å². The Morgan fingerprint density at radius 1 is 1.26 bits per heavy atom. The van der Waals surface area contributed by atoms with Crippen molar-refractivity contribution in [2.24, 2.45) is 0 Å². The standard InChI is InChI=1S/C25H21N5O4/c1-34-21-8-6-19-14-30(24(32)22(19)11-21)15-20(29-25(33)28-16-31)7-4-17-5-9-23(27-12-17)18-3-2-10-26-13-18/h2-3,5-6,8-13,16,20H,14-15H2,1H3,(H2,28,29,31,33)/t20-/m1/s1. The Hall–Kier alpha value is -4.71. The van der Waals surface area contributed by atoms with Crippen LogP contribution in [0, 0.1) is 11.8 Å². The molecule has 2 N–H and O–H groups in total. The van der Waals surface area contributed by atoms with E-state index in [9.17, 15) is 14.4 Å². The van der Waals surface area contributed by atoms with Crippen molar-refractivity contribution in [2.75, 3.05) is 13.7 Å². The fraction of sp³-hybridized carbons (Fsp3) is 0.160. The second-order valence-electron chi connectivity index (χ2n) is 7.44. The molecule has 1 atom stereocenters. The minimum absolute atomic E-state index is 0.135. The van der Waals surface area contributed by atoms with Gasteiger partial charge in [-0.15, -0.1) is 0 Å². The third-order valence-electron chi connectivity index (χ3n) is 5.21. The van der Waals surface area contributed by atoms with E-state index in [-0.39, 0.29) is 18.9 Å². The van der Waals surface area contributed by atoms with Crippen LogP contribution in [0.5, 0.6) is 5.75 Å². The molecule has 9 heteroatoms. The summed E-state index contributed by atoms with van der Waals surface area (Å²) >= 11 is 0. The lowest BCUT2D eigenvalue weighted by molar-refractivity contribution is -0.108. The second kappa shape index (κ2) is 10.3. The number of aromatic nitrogens is 2. The molecule has 4 rings (SSSR count). The van der Waals surface area contributed by atoms with Gasteiger partial charge in [-0.05, 0) is 42.0 Å². The Kier molecular flexibility index (Phi) is 6.79. The molecule has 0 bridgehead atoms. The fourth-order valence-corrected chi connectivity index (χ4v) is 3.54. The number of amides is 4. The molecule has 0 saturated carbocycles. The number of ether oxygens (including phenoxy) is 1.